The summed E-state index contributed by atoms with van der Waals surface area (Å²) < 4.78 is 5.16. The highest BCUT2D eigenvalue weighted by molar-refractivity contribution is 6.07. The van der Waals surface area contributed by atoms with E-state index in [1.54, 1.807) is 13.0 Å². The number of rotatable bonds is 5. The summed E-state index contributed by atoms with van der Waals surface area (Å²) >= 11 is 0. The first-order valence-electron chi connectivity index (χ1n) is 8.88. The summed E-state index contributed by atoms with van der Waals surface area (Å²) in [6.07, 6.45) is 6.17. The normalized spacial score (nSPS) is 20.0. The molecule has 2 atom stereocenters. The summed E-state index contributed by atoms with van der Waals surface area (Å²) in [6.45, 7) is 2.03. The van der Waals surface area contributed by atoms with E-state index in [0.29, 0.717) is 6.42 Å². The van der Waals surface area contributed by atoms with Crippen LogP contribution in [0.25, 0.3) is 6.08 Å². The molecule has 0 aliphatic heterocycles. The SMILES string of the molecule is CCOC(=O)[C@@H]1C(=O)C=C(/C=C\c2ccccc2)C[C@@H]1c1ccccc1. The van der Waals surface area contributed by atoms with Gasteiger partial charge in [0.25, 0.3) is 0 Å². The van der Waals surface area contributed by atoms with E-state index < -0.39 is 11.9 Å². The fourth-order valence-electron chi connectivity index (χ4n) is 3.31. The van der Waals surface area contributed by atoms with Crippen molar-refractivity contribution in [2.24, 2.45) is 5.92 Å². The lowest BCUT2D eigenvalue weighted by molar-refractivity contribution is -0.151. The van der Waals surface area contributed by atoms with Crippen LogP contribution in [0.3, 0.4) is 0 Å². The fourth-order valence-corrected chi connectivity index (χ4v) is 3.31. The molecule has 26 heavy (non-hydrogen) atoms. The Morgan fingerprint density at radius 2 is 1.69 bits per heavy atom. The van der Waals surface area contributed by atoms with Crippen LogP contribution in [0.4, 0.5) is 0 Å². The van der Waals surface area contributed by atoms with Crippen LogP contribution >= 0.6 is 0 Å². The minimum atomic E-state index is -0.772. The minimum Gasteiger partial charge on any atom is -0.465 e. The summed E-state index contributed by atoms with van der Waals surface area (Å²) in [4.78, 5) is 25.1. The Balaban J connectivity index is 1.90. The lowest BCUT2D eigenvalue weighted by Crippen LogP contribution is -2.34. The molecular formula is C23H22O3. The van der Waals surface area contributed by atoms with E-state index in [1.165, 1.54) is 0 Å². The van der Waals surface area contributed by atoms with Crippen molar-refractivity contribution in [2.45, 2.75) is 19.3 Å². The number of allylic oxidation sites excluding steroid dienone is 3. The molecular weight excluding hydrogens is 324 g/mol. The van der Waals surface area contributed by atoms with Gasteiger partial charge in [-0.1, -0.05) is 72.8 Å². The first-order valence-corrected chi connectivity index (χ1v) is 8.88. The maximum Gasteiger partial charge on any atom is 0.317 e. The smallest absolute Gasteiger partial charge is 0.317 e. The number of carbonyl (C=O) groups excluding carboxylic acids is 2. The van der Waals surface area contributed by atoms with Gasteiger partial charge in [-0.3, -0.25) is 9.59 Å². The maximum atomic E-state index is 12.7. The van der Waals surface area contributed by atoms with Crippen LogP contribution in [0, 0.1) is 5.92 Å². The molecule has 3 nitrogen and oxygen atoms in total. The number of carbonyl (C=O) groups is 2. The summed E-state index contributed by atoms with van der Waals surface area (Å²) in [5, 5.41) is 0. The maximum absolute atomic E-state index is 12.7. The summed E-state index contributed by atoms with van der Waals surface area (Å²) in [7, 11) is 0. The zero-order valence-corrected chi connectivity index (χ0v) is 14.8. The monoisotopic (exact) mass is 346 g/mol. The standard InChI is InChI=1S/C23H22O3/c1-2-26-23(25)22-20(19-11-7-4-8-12-19)15-18(16-21(22)24)14-13-17-9-5-3-6-10-17/h3-14,16,20,22H,2,15H2,1H3/b14-13-/t20-,22+/m1/s1. The van der Waals surface area contributed by atoms with Crippen molar-refractivity contribution < 1.29 is 14.3 Å². The second-order valence-electron chi connectivity index (χ2n) is 6.32. The Labute approximate surface area is 154 Å². The number of hydrogen-bond acceptors (Lipinski definition) is 3. The summed E-state index contributed by atoms with van der Waals surface area (Å²) in [6, 6.07) is 19.7. The minimum absolute atomic E-state index is 0.184. The van der Waals surface area contributed by atoms with E-state index in [9.17, 15) is 9.59 Å². The fraction of sp³-hybridized carbons (Fsp3) is 0.217. The number of ether oxygens (including phenoxy) is 1. The number of hydrogen-bond donors (Lipinski definition) is 0. The van der Waals surface area contributed by atoms with Crippen LogP contribution in [-0.2, 0) is 14.3 Å². The molecule has 2 aromatic rings. The molecule has 1 aliphatic carbocycles. The van der Waals surface area contributed by atoms with E-state index in [4.69, 9.17) is 4.74 Å². The third-order valence-corrected chi connectivity index (χ3v) is 4.55. The third-order valence-electron chi connectivity index (χ3n) is 4.55. The molecule has 0 saturated heterocycles. The quantitative estimate of drug-likeness (QED) is 0.589. The molecule has 0 aromatic heterocycles. The van der Waals surface area contributed by atoms with Crippen molar-refractivity contribution in [2.75, 3.05) is 6.61 Å². The number of ketones is 1. The molecule has 0 fully saturated rings. The summed E-state index contributed by atoms with van der Waals surface area (Å²) in [5.74, 6) is -1.60. The van der Waals surface area contributed by atoms with Crippen LogP contribution in [0.2, 0.25) is 0 Å². The van der Waals surface area contributed by atoms with E-state index in [1.807, 2.05) is 72.8 Å². The highest BCUT2D eigenvalue weighted by atomic mass is 16.5. The van der Waals surface area contributed by atoms with Gasteiger partial charge in [0, 0.05) is 5.92 Å². The Bertz CT molecular complexity index is 819. The molecule has 0 unspecified atom stereocenters. The van der Waals surface area contributed by atoms with Crippen molar-refractivity contribution in [3.05, 3.63) is 89.5 Å². The molecule has 0 spiro atoms. The van der Waals surface area contributed by atoms with Crippen molar-refractivity contribution >= 4 is 17.8 Å². The number of benzene rings is 2. The van der Waals surface area contributed by atoms with Crippen LogP contribution < -0.4 is 0 Å². The van der Waals surface area contributed by atoms with Crippen molar-refractivity contribution in [3.63, 3.8) is 0 Å². The largest absolute Gasteiger partial charge is 0.465 e. The molecule has 0 heterocycles. The molecule has 0 N–H and O–H groups in total. The lowest BCUT2D eigenvalue weighted by Gasteiger charge is -2.28. The van der Waals surface area contributed by atoms with Crippen LogP contribution in [0.5, 0.6) is 0 Å². The molecule has 2 aromatic carbocycles. The van der Waals surface area contributed by atoms with Crippen molar-refractivity contribution in [1.29, 1.82) is 0 Å². The second-order valence-corrected chi connectivity index (χ2v) is 6.32. The van der Waals surface area contributed by atoms with E-state index >= 15 is 0 Å². The van der Waals surface area contributed by atoms with Gasteiger partial charge >= 0.3 is 5.97 Å². The Morgan fingerprint density at radius 3 is 2.35 bits per heavy atom. The van der Waals surface area contributed by atoms with E-state index in [-0.39, 0.29) is 18.3 Å². The van der Waals surface area contributed by atoms with Gasteiger partial charge in [-0.25, -0.2) is 0 Å². The van der Waals surface area contributed by atoms with Crippen molar-refractivity contribution in [1.82, 2.24) is 0 Å². The topological polar surface area (TPSA) is 43.4 Å². The average molecular weight is 346 g/mol. The van der Waals surface area contributed by atoms with E-state index in [2.05, 4.69) is 0 Å². The van der Waals surface area contributed by atoms with Gasteiger partial charge < -0.3 is 4.74 Å². The number of esters is 1. The first-order chi connectivity index (χ1) is 12.7. The average Bonchev–Trinajstić information content (AvgIpc) is 2.67. The zero-order valence-electron chi connectivity index (χ0n) is 14.8. The molecule has 0 saturated carbocycles. The predicted molar refractivity (Wildman–Crippen MR) is 102 cm³/mol. The van der Waals surface area contributed by atoms with Gasteiger partial charge in [0.1, 0.15) is 5.92 Å². The van der Waals surface area contributed by atoms with Gasteiger partial charge in [0.15, 0.2) is 5.78 Å². The molecule has 0 bridgehead atoms. The van der Waals surface area contributed by atoms with Gasteiger partial charge in [-0.15, -0.1) is 0 Å². The zero-order chi connectivity index (χ0) is 18.4. The second kappa shape index (κ2) is 8.43. The van der Waals surface area contributed by atoms with Gasteiger partial charge in [0.05, 0.1) is 6.61 Å². The molecule has 0 amide bonds. The van der Waals surface area contributed by atoms with Crippen LogP contribution in [-0.4, -0.2) is 18.4 Å². The van der Waals surface area contributed by atoms with Crippen molar-refractivity contribution in [3.8, 4) is 0 Å². The molecule has 132 valence electrons. The first kappa shape index (κ1) is 17.9. The Hall–Kier alpha value is -2.94. The highest BCUT2D eigenvalue weighted by Gasteiger charge is 2.38. The van der Waals surface area contributed by atoms with Crippen LogP contribution in [0.15, 0.2) is 78.4 Å². The van der Waals surface area contributed by atoms with Gasteiger partial charge in [0.2, 0.25) is 0 Å². The van der Waals surface area contributed by atoms with Gasteiger partial charge in [-0.05, 0) is 36.1 Å². The van der Waals surface area contributed by atoms with E-state index in [0.717, 1.165) is 16.7 Å². The lowest BCUT2D eigenvalue weighted by atomic mass is 9.75. The third kappa shape index (κ3) is 4.17. The Morgan fingerprint density at radius 1 is 1.04 bits per heavy atom. The summed E-state index contributed by atoms with van der Waals surface area (Å²) in [5.41, 5.74) is 2.98. The van der Waals surface area contributed by atoms with Gasteiger partial charge in [-0.2, -0.15) is 0 Å². The molecule has 3 rings (SSSR count). The predicted octanol–water partition coefficient (Wildman–Crippen LogP) is 4.56. The highest BCUT2D eigenvalue weighted by Crippen LogP contribution is 2.37. The molecule has 0 radical (unpaired) electrons. The molecule has 3 heteroatoms. The molecule has 1 aliphatic rings. The van der Waals surface area contributed by atoms with Crippen LogP contribution in [0.1, 0.15) is 30.4 Å². The Kier molecular flexibility index (Phi) is 5.80.